The Balaban J connectivity index is 1.64. The van der Waals surface area contributed by atoms with Gasteiger partial charge in [-0.05, 0) is 49.9 Å². The van der Waals surface area contributed by atoms with Gasteiger partial charge in [-0.25, -0.2) is 4.98 Å². The van der Waals surface area contributed by atoms with Crippen LogP contribution in [-0.2, 0) is 4.79 Å². The third-order valence-corrected chi connectivity index (χ3v) is 3.69. The average molecular weight is 311 g/mol. The molecule has 0 saturated heterocycles. The fourth-order valence-corrected chi connectivity index (χ4v) is 2.19. The number of amides is 1. The van der Waals surface area contributed by atoms with Crippen LogP contribution in [0.1, 0.15) is 24.0 Å². The van der Waals surface area contributed by atoms with E-state index in [2.05, 4.69) is 15.6 Å². The first kappa shape index (κ1) is 15.3. The van der Waals surface area contributed by atoms with Crippen LogP contribution < -0.4 is 15.4 Å². The van der Waals surface area contributed by atoms with Crippen LogP contribution in [0.2, 0.25) is 0 Å². The minimum absolute atomic E-state index is 0.0240. The molecule has 2 N–H and O–H groups in total. The molecule has 0 aliphatic heterocycles. The first-order valence-electron chi connectivity index (χ1n) is 7.84. The number of nitrogens with zero attached hydrogens (tertiary/aromatic N) is 1. The Hall–Kier alpha value is -2.56. The molecule has 3 rings (SSSR count). The zero-order valence-corrected chi connectivity index (χ0v) is 13.4. The molecule has 0 spiro atoms. The molecule has 1 aliphatic rings. The highest BCUT2D eigenvalue weighted by Crippen LogP contribution is 2.27. The van der Waals surface area contributed by atoms with E-state index in [1.807, 2.05) is 44.2 Å². The molecule has 0 radical (unpaired) electrons. The predicted molar refractivity (Wildman–Crippen MR) is 89.9 cm³/mol. The highest BCUT2D eigenvalue weighted by molar-refractivity contribution is 5.81. The lowest BCUT2D eigenvalue weighted by atomic mass is 10.2. The van der Waals surface area contributed by atoms with Gasteiger partial charge in [-0.2, -0.15) is 0 Å². The number of nitrogens with one attached hydrogen (secondary N) is 2. The van der Waals surface area contributed by atoms with Gasteiger partial charge in [0, 0.05) is 30.1 Å². The van der Waals surface area contributed by atoms with Crippen molar-refractivity contribution in [3.05, 3.63) is 47.7 Å². The molecule has 1 saturated carbocycles. The summed E-state index contributed by atoms with van der Waals surface area (Å²) in [6, 6.07) is 10.00. The van der Waals surface area contributed by atoms with Crippen molar-refractivity contribution >= 4 is 11.6 Å². The van der Waals surface area contributed by atoms with Gasteiger partial charge in [-0.3, -0.25) is 4.79 Å². The Bertz CT molecular complexity index is 711. The number of aromatic nitrogens is 1. The first-order valence-corrected chi connectivity index (χ1v) is 7.84. The monoisotopic (exact) mass is 311 g/mol. The molecule has 1 amide bonds. The number of rotatable bonds is 6. The lowest BCUT2D eigenvalue weighted by Crippen LogP contribution is -2.31. The van der Waals surface area contributed by atoms with Crippen molar-refractivity contribution in [1.29, 1.82) is 0 Å². The second-order valence-electron chi connectivity index (χ2n) is 5.95. The predicted octanol–water partition coefficient (Wildman–Crippen LogP) is 3.18. The number of hydrogen-bond acceptors (Lipinski definition) is 4. The number of pyridine rings is 1. The third-order valence-electron chi connectivity index (χ3n) is 3.69. The number of benzene rings is 1. The minimum Gasteiger partial charge on any atom is -0.439 e. The van der Waals surface area contributed by atoms with Crippen molar-refractivity contribution < 1.29 is 9.53 Å². The second-order valence-corrected chi connectivity index (χ2v) is 5.95. The normalized spacial score (nSPS) is 13.5. The smallest absolute Gasteiger partial charge is 0.239 e. The zero-order chi connectivity index (χ0) is 16.2. The topological polar surface area (TPSA) is 63.2 Å². The molecule has 120 valence electrons. The van der Waals surface area contributed by atoms with Gasteiger partial charge in [-0.1, -0.05) is 6.07 Å². The zero-order valence-electron chi connectivity index (χ0n) is 13.4. The standard InChI is InChI=1S/C18H21N3O2/c1-12-7-8-19-18(9-12)23-16-10-15(4-3-13(16)2)20-11-17(22)21-14-5-6-14/h3-4,7-10,14,20H,5-6,11H2,1-2H3,(H,21,22). The molecule has 1 fully saturated rings. The summed E-state index contributed by atoms with van der Waals surface area (Å²) in [5, 5.41) is 6.08. The summed E-state index contributed by atoms with van der Waals surface area (Å²) in [4.78, 5) is 15.9. The fourth-order valence-electron chi connectivity index (χ4n) is 2.19. The van der Waals surface area contributed by atoms with Gasteiger partial charge in [-0.15, -0.1) is 0 Å². The molecule has 5 heteroatoms. The van der Waals surface area contributed by atoms with E-state index in [9.17, 15) is 4.79 Å². The molecule has 5 nitrogen and oxygen atoms in total. The second kappa shape index (κ2) is 6.69. The van der Waals surface area contributed by atoms with Crippen molar-refractivity contribution in [1.82, 2.24) is 10.3 Å². The average Bonchev–Trinajstić information content (AvgIpc) is 3.32. The largest absolute Gasteiger partial charge is 0.439 e. The molecule has 1 aliphatic carbocycles. The van der Waals surface area contributed by atoms with Crippen LogP contribution in [0.3, 0.4) is 0 Å². The van der Waals surface area contributed by atoms with E-state index in [1.54, 1.807) is 6.20 Å². The number of aryl methyl sites for hydroxylation is 2. The summed E-state index contributed by atoms with van der Waals surface area (Å²) in [6.07, 6.45) is 3.92. The summed E-state index contributed by atoms with van der Waals surface area (Å²) in [6.45, 7) is 4.24. The summed E-state index contributed by atoms with van der Waals surface area (Å²) >= 11 is 0. The Kier molecular flexibility index (Phi) is 4.46. The first-order chi connectivity index (χ1) is 11.1. The Morgan fingerprint density at radius 2 is 2.09 bits per heavy atom. The minimum atomic E-state index is 0.0240. The van der Waals surface area contributed by atoms with E-state index >= 15 is 0 Å². The molecule has 2 aromatic rings. The Morgan fingerprint density at radius 3 is 2.83 bits per heavy atom. The molecule has 0 unspecified atom stereocenters. The maximum absolute atomic E-state index is 11.7. The van der Waals surface area contributed by atoms with Gasteiger partial charge >= 0.3 is 0 Å². The molecule has 1 heterocycles. The van der Waals surface area contributed by atoms with Crippen LogP contribution in [0.4, 0.5) is 5.69 Å². The van der Waals surface area contributed by atoms with E-state index < -0.39 is 0 Å². The van der Waals surface area contributed by atoms with E-state index in [-0.39, 0.29) is 12.5 Å². The SMILES string of the molecule is Cc1ccnc(Oc2cc(NCC(=O)NC3CC3)ccc2C)c1. The van der Waals surface area contributed by atoms with E-state index in [4.69, 9.17) is 4.74 Å². The van der Waals surface area contributed by atoms with Gasteiger partial charge in [0.2, 0.25) is 11.8 Å². The fraction of sp³-hybridized carbons (Fsp3) is 0.333. The lowest BCUT2D eigenvalue weighted by Gasteiger charge is -2.12. The number of hydrogen-bond donors (Lipinski definition) is 2. The van der Waals surface area contributed by atoms with Gasteiger partial charge in [0.1, 0.15) is 5.75 Å². The molecular formula is C18H21N3O2. The van der Waals surface area contributed by atoms with Crippen LogP contribution >= 0.6 is 0 Å². The molecule has 0 atom stereocenters. The Morgan fingerprint density at radius 1 is 1.26 bits per heavy atom. The maximum atomic E-state index is 11.7. The van der Waals surface area contributed by atoms with Crippen LogP contribution in [0.25, 0.3) is 0 Å². The van der Waals surface area contributed by atoms with Crippen molar-refractivity contribution in [3.63, 3.8) is 0 Å². The van der Waals surface area contributed by atoms with Gasteiger partial charge in [0.15, 0.2) is 0 Å². The van der Waals surface area contributed by atoms with E-state index in [0.717, 1.165) is 35.4 Å². The number of anilines is 1. The number of carbonyl (C=O) groups excluding carboxylic acids is 1. The third kappa shape index (κ3) is 4.45. The molecule has 23 heavy (non-hydrogen) atoms. The van der Waals surface area contributed by atoms with Crippen LogP contribution in [-0.4, -0.2) is 23.5 Å². The summed E-state index contributed by atoms with van der Waals surface area (Å²) in [5.41, 5.74) is 2.96. The highest BCUT2D eigenvalue weighted by Gasteiger charge is 2.22. The molecule has 1 aromatic carbocycles. The quantitative estimate of drug-likeness (QED) is 0.860. The van der Waals surface area contributed by atoms with Gasteiger partial charge in [0.05, 0.1) is 6.54 Å². The maximum Gasteiger partial charge on any atom is 0.239 e. The Labute approximate surface area is 136 Å². The van der Waals surface area contributed by atoms with Crippen LogP contribution in [0, 0.1) is 13.8 Å². The van der Waals surface area contributed by atoms with Gasteiger partial charge in [0.25, 0.3) is 0 Å². The van der Waals surface area contributed by atoms with Crippen LogP contribution in [0.15, 0.2) is 36.5 Å². The summed E-state index contributed by atoms with van der Waals surface area (Å²) < 4.78 is 5.86. The van der Waals surface area contributed by atoms with E-state index in [0.29, 0.717) is 11.9 Å². The van der Waals surface area contributed by atoms with Crippen molar-refractivity contribution in [2.45, 2.75) is 32.7 Å². The van der Waals surface area contributed by atoms with E-state index in [1.165, 1.54) is 0 Å². The highest BCUT2D eigenvalue weighted by atomic mass is 16.5. The summed E-state index contributed by atoms with van der Waals surface area (Å²) in [7, 11) is 0. The molecule has 1 aromatic heterocycles. The van der Waals surface area contributed by atoms with Crippen LogP contribution in [0.5, 0.6) is 11.6 Å². The lowest BCUT2D eigenvalue weighted by molar-refractivity contribution is -0.119. The van der Waals surface area contributed by atoms with Crippen molar-refractivity contribution in [2.24, 2.45) is 0 Å². The number of carbonyl (C=O) groups is 1. The van der Waals surface area contributed by atoms with Crippen molar-refractivity contribution in [3.8, 4) is 11.6 Å². The van der Waals surface area contributed by atoms with Crippen molar-refractivity contribution in [2.75, 3.05) is 11.9 Å². The van der Waals surface area contributed by atoms with Gasteiger partial charge < -0.3 is 15.4 Å². The summed E-state index contributed by atoms with van der Waals surface area (Å²) in [5.74, 6) is 1.32. The molecular weight excluding hydrogens is 290 g/mol. The molecule has 0 bridgehead atoms. The number of ether oxygens (including phenoxy) is 1.